The third kappa shape index (κ3) is 7.18. The Balaban J connectivity index is 1.45. The van der Waals surface area contributed by atoms with Crippen molar-refractivity contribution in [2.24, 2.45) is 5.92 Å². The van der Waals surface area contributed by atoms with Crippen LogP contribution in [0.3, 0.4) is 0 Å². The smallest absolute Gasteiger partial charge is 0.406 e. The van der Waals surface area contributed by atoms with Crippen molar-refractivity contribution >= 4 is 15.8 Å². The molecule has 1 heterocycles. The predicted octanol–water partition coefficient (Wildman–Crippen LogP) is 4.29. The summed E-state index contributed by atoms with van der Waals surface area (Å²) in [7, 11) is -3.82. The molecule has 1 aliphatic carbocycles. The first-order valence-corrected chi connectivity index (χ1v) is 12.1. The number of halogens is 3. The van der Waals surface area contributed by atoms with Crippen LogP contribution in [0.5, 0.6) is 5.75 Å². The van der Waals surface area contributed by atoms with Gasteiger partial charge < -0.3 is 9.47 Å². The van der Waals surface area contributed by atoms with Crippen LogP contribution < -0.4 is 4.74 Å². The summed E-state index contributed by atoms with van der Waals surface area (Å²) in [5.74, 6) is 0.0873. The Morgan fingerprint density at radius 2 is 1.61 bits per heavy atom. The van der Waals surface area contributed by atoms with Crippen LogP contribution in [0.4, 0.5) is 13.2 Å². The molecule has 3 rings (SSSR count). The molecule has 1 aromatic rings. The molecule has 2 aliphatic rings. The monoisotopic (exact) mass is 463 g/mol. The Kier molecular flexibility index (Phi) is 7.98. The largest absolute Gasteiger partial charge is 0.573 e. The Morgan fingerprint density at radius 3 is 2.19 bits per heavy atom. The van der Waals surface area contributed by atoms with Gasteiger partial charge in [0.15, 0.2) is 5.78 Å². The minimum Gasteiger partial charge on any atom is -0.406 e. The van der Waals surface area contributed by atoms with E-state index in [1.165, 1.54) is 23.6 Å². The van der Waals surface area contributed by atoms with Gasteiger partial charge in [-0.2, -0.15) is 4.31 Å². The van der Waals surface area contributed by atoms with E-state index in [9.17, 15) is 26.4 Å². The Morgan fingerprint density at radius 1 is 1.00 bits per heavy atom. The number of ether oxygens (including phenoxy) is 2. The molecular formula is C21H28F3NO5S. The highest BCUT2D eigenvalue weighted by molar-refractivity contribution is 7.89. The number of nitrogens with zero attached hydrogens (tertiary/aromatic N) is 1. The van der Waals surface area contributed by atoms with Crippen molar-refractivity contribution in [3.63, 3.8) is 0 Å². The first-order valence-electron chi connectivity index (χ1n) is 10.6. The summed E-state index contributed by atoms with van der Waals surface area (Å²) in [6.07, 6.45) is 2.29. The number of carbonyl (C=O) groups is 1. The van der Waals surface area contributed by atoms with E-state index < -0.39 is 22.1 Å². The highest BCUT2D eigenvalue weighted by Gasteiger charge is 2.32. The zero-order valence-corrected chi connectivity index (χ0v) is 18.1. The fraction of sp³-hybridized carbons (Fsp3) is 0.667. The van der Waals surface area contributed by atoms with Gasteiger partial charge in [-0.05, 0) is 43.0 Å². The lowest BCUT2D eigenvalue weighted by molar-refractivity contribution is -0.274. The molecule has 0 atom stereocenters. The highest BCUT2D eigenvalue weighted by atomic mass is 32.2. The molecule has 1 saturated heterocycles. The molecule has 31 heavy (non-hydrogen) atoms. The molecule has 1 aliphatic heterocycles. The first kappa shape index (κ1) is 24.0. The van der Waals surface area contributed by atoms with Gasteiger partial charge in [-0.1, -0.05) is 32.1 Å². The number of benzene rings is 1. The van der Waals surface area contributed by atoms with E-state index in [-0.39, 0.29) is 36.5 Å². The van der Waals surface area contributed by atoms with E-state index in [4.69, 9.17) is 4.74 Å². The summed E-state index contributed by atoms with van der Waals surface area (Å²) in [5.41, 5.74) is 0. The molecule has 2 fully saturated rings. The number of rotatable bonds is 8. The van der Waals surface area contributed by atoms with E-state index in [1.807, 2.05) is 0 Å². The fourth-order valence-corrected chi connectivity index (χ4v) is 5.65. The van der Waals surface area contributed by atoms with Crippen molar-refractivity contribution in [1.29, 1.82) is 0 Å². The molecule has 1 saturated carbocycles. The summed E-state index contributed by atoms with van der Waals surface area (Å²) < 4.78 is 73.0. The normalized spacial score (nSPS) is 20.0. The summed E-state index contributed by atoms with van der Waals surface area (Å²) >= 11 is 0. The predicted molar refractivity (Wildman–Crippen MR) is 107 cm³/mol. The lowest BCUT2D eigenvalue weighted by atomic mass is 9.86. The lowest BCUT2D eigenvalue weighted by Crippen LogP contribution is -2.41. The second-order valence-corrected chi connectivity index (χ2v) is 10.1. The van der Waals surface area contributed by atoms with Gasteiger partial charge in [-0.25, -0.2) is 8.42 Å². The number of hydrogen-bond acceptors (Lipinski definition) is 5. The standard InChI is InChI=1S/C21H28F3NO5S/c22-21(23,24)30-19-6-8-20(9-7-19)31(27,28)25-12-10-18(11-13-25)29-15-17(26)14-16-4-2-1-3-5-16/h6-9,16,18H,1-5,10-15H2. The second kappa shape index (κ2) is 10.3. The molecule has 0 N–H and O–H groups in total. The van der Waals surface area contributed by atoms with Crippen LogP contribution in [-0.4, -0.2) is 50.7 Å². The summed E-state index contributed by atoms with van der Waals surface area (Å²) in [5, 5.41) is 0. The van der Waals surface area contributed by atoms with Crippen LogP contribution in [0.15, 0.2) is 29.2 Å². The van der Waals surface area contributed by atoms with Crippen molar-refractivity contribution in [3.8, 4) is 5.75 Å². The molecule has 0 aromatic heterocycles. The van der Waals surface area contributed by atoms with Gasteiger partial charge in [0, 0.05) is 19.5 Å². The zero-order chi connectivity index (χ0) is 22.5. The Labute approximate surface area is 180 Å². The average molecular weight is 464 g/mol. The maximum absolute atomic E-state index is 12.7. The average Bonchev–Trinajstić information content (AvgIpc) is 2.72. The van der Waals surface area contributed by atoms with Gasteiger partial charge in [0.2, 0.25) is 10.0 Å². The SMILES string of the molecule is O=C(COC1CCN(S(=O)(=O)c2ccc(OC(F)(F)F)cc2)CC1)CC1CCCCC1. The van der Waals surface area contributed by atoms with Crippen molar-refractivity contribution in [2.75, 3.05) is 19.7 Å². The molecule has 0 unspecified atom stereocenters. The lowest BCUT2D eigenvalue weighted by Gasteiger charge is -2.31. The third-order valence-corrected chi connectivity index (χ3v) is 7.73. The van der Waals surface area contributed by atoms with E-state index >= 15 is 0 Å². The molecule has 1 aromatic carbocycles. The number of alkyl halides is 3. The zero-order valence-electron chi connectivity index (χ0n) is 17.3. The Hall–Kier alpha value is -1.65. The number of ketones is 1. The molecule has 6 nitrogen and oxygen atoms in total. The maximum Gasteiger partial charge on any atom is 0.573 e. The van der Waals surface area contributed by atoms with Crippen LogP contribution >= 0.6 is 0 Å². The first-order chi connectivity index (χ1) is 14.6. The number of piperidine rings is 1. The molecule has 174 valence electrons. The number of carbonyl (C=O) groups excluding carboxylic acids is 1. The molecule has 10 heteroatoms. The minimum atomic E-state index is -4.83. The van der Waals surface area contributed by atoms with E-state index in [1.54, 1.807) is 0 Å². The van der Waals surface area contributed by atoms with Gasteiger partial charge in [-0.3, -0.25) is 4.79 Å². The fourth-order valence-electron chi connectivity index (χ4n) is 4.18. The van der Waals surface area contributed by atoms with Gasteiger partial charge in [0.1, 0.15) is 12.4 Å². The van der Waals surface area contributed by atoms with Gasteiger partial charge in [0.25, 0.3) is 0 Å². The quantitative estimate of drug-likeness (QED) is 0.575. The van der Waals surface area contributed by atoms with Crippen molar-refractivity contribution in [1.82, 2.24) is 4.31 Å². The summed E-state index contributed by atoms with van der Waals surface area (Å²) in [4.78, 5) is 12.1. The molecule has 0 bridgehead atoms. The Bertz CT molecular complexity index is 828. The van der Waals surface area contributed by atoms with Crippen molar-refractivity contribution in [2.45, 2.75) is 68.7 Å². The molecule has 0 radical (unpaired) electrons. The molecule has 0 spiro atoms. The summed E-state index contributed by atoms with van der Waals surface area (Å²) in [6, 6.07) is 4.16. The maximum atomic E-state index is 12.7. The van der Waals surface area contributed by atoms with Crippen molar-refractivity contribution in [3.05, 3.63) is 24.3 Å². The van der Waals surface area contributed by atoms with E-state index in [0.717, 1.165) is 37.1 Å². The topological polar surface area (TPSA) is 72.9 Å². The van der Waals surface area contributed by atoms with Crippen molar-refractivity contribution < 1.29 is 35.9 Å². The molecular weight excluding hydrogens is 435 g/mol. The van der Waals surface area contributed by atoms with E-state index in [2.05, 4.69) is 4.74 Å². The number of Topliss-reactive ketones (excluding diaryl/α,β-unsaturated/α-hetero) is 1. The van der Waals surface area contributed by atoms with Crippen LogP contribution in [0.2, 0.25) is 0 Å². The van der Waals surface area contributed by atoms with Gasteiger partial charge >= 0.3 is 6.36 Å². The number of sulfonamides is 1. The van der Waals surface area contributed by atoms with Gasteiger partial charge in [0.05, 0.1) is 11.0 Å². The second-order valence-electron chi connectivity index (χ2n) is 8.18. The van der Waals surface area contributed by atoms with Gasteiger partial charge in [-0.15, -0.1) is 13.2 Å². The van der Waals surface area contributed by atoms with Crippen LogP contribution in [0, 0.1) is 5.92 Å². The number of hydrogen-bond donors (Lipinski definition) is 0. The highest BCUT2D eigenvalue weighted by Crippen LogP contribution is 2.28. The van der Waals surface area contributed by atoms with Crippen LogP contribution in [0.1, 0.15) is 51.4 Å². The van der Waals surface area contributed by atoms with Crippen LogP contribution in [-0.2, 0) is 19.6 Å². The molecule has 0 amide bonds. The minimum absolute atomic E-state index is 0.0641. The third-order valence-electron chi connectivity index (χ3n) is 5.82. The van der Waals surface area contributed by atoms with E-state index in [0.29, 0.717) is 25.2 Å². The van der Waals surface area contributed by atoms with Crippen LogP contribution in [0.25, 0.3) is 0 Å². The summed E-state index contributed by atoms with van der Waals surface area (Å²) in [6.45, 7) is 0.518.